The molecule has 2 aliphatic rings. The summed E-state index contributed by atoms with van der Waals surface area (Å²) >= 11 is 0. The SMILES string of the molecule is C=COC=C.CC1(C)[C@@H]2CC[C@@]1(C)[C@H](O)C2. The minimum atomic E-state index is -0.0313. The summed E-state index contributed by atoms with van der Waals surface area (Å²) in [5.74, 6) is 0.780. The predicted octanol–water partition coefficient (Wildman–Crippen LogP) is 3.48. The number of aliphatic hydroxyl groups is 1. The Morgan fingerprint density at radius 2 is 1.81 bits per heavy atom. The molecule has 3 atom stereocenters. The molecule has 16 heavy (non-hydrogen) atoms. The Morgan fingerprint density at radius 3 is 1.94 bits per heavy atom. The average Bonchev–Trinajstić information content (AvgIpc) is 2.53. The predicted molar refractivity (Wildman–Crippen MR) is 66.7 cm³/mol. The van der Waals surface area contributed by atoms with Gasteiger partial charge in [0.2, 0.25) is 0 Å². The summed E-state index contributed by atoms with van der Waals surface area (Å²) < 4.78 is 4.36. The second-order valence-corrected chi connectivity index (χ2v) is 5.60. The highest BCUT2D eigenvalue weighted by molar-refractivity contribution is 5.10. The topological polar surface area (TPSA) is 29.5 Å². The molecule has 0 aromatic heterocycles. The fourth-order valence-corrected chi connectivity index (χ4v) is 3.23. The van der Waals surface area contributed by atoms with E-state index in [0.29, 0.717) is 5.41 Å². The van der Waals surface area contributed by atoms with E-state index in [2.05, 4.69) is 38.7 Å². The van der Waals surface area contributed by atoms with E-state index in [-0.39, 0.29) is 11.5 Å². The van der Waals surface area contributed by atoms with Crippen molar-refractivity contribution in [2.75, 3.05) is 0 Å². The first kappa shape index (κ1) is 13.3. The van der Waals surface area contributed by atoms with Crippen LogP contribution in [0.15, 0.2) is 25.7 Å². The molecule has 0 radical (unpaired) electrons. The molecule has 0 amide bonds. The smallest absolute Gasteiger partial charge is 0.0829 e. The first-order valence-electron chi connectivity index (χ1n) is 5.95. The molecular formula is C14H24O2. The van der Waals surface area contributed by atoms with Gasteiger partial charge in [0.05, 0.1) is 18.6 Å². The Morgan fingerprint density at radius 1 is 1.25 bits per heavy atom. The van der Waals surface area contributed by atoms with Gasteiger partial charge in [-0.25, -0.2) is 0 Å². The van der Waals surface area contributed by atoms with Gasteiger partial charge >= 0.3 is 0 Å². The van der Waals surface area contributed by atoms with Crippen LogP contribution in [0.3, 0.4) is 0 Å². The van der Waals surface area contributed by atoms with Crippen LogP contribution in [0.5, 0.6) is 0 Å². The fourth-order valence-electron chi connectivity index (χ4n) is 3.23. The summed E-state index contributed by atoms with van der Waals surface area (Å²) in [5.41, 5.74) is 0.601. The highest BCUT2D eigenvalue weighted by atomic mass is 16.5. The summed E-state index contributed by atoms with van der Waals surface area (Å²) in [6.07, 6.45) is 6.20. The maximum Gasteiger partial charge on any atom is 0.0829 e. The summed E-state index contributed by atoms with van der Waals surface area (Å²) in [7, 11) is 0. The van der Waals surface area contributed by atoms with Crippen molar-refractivity contribution < 1.29 is 9.84 Å². The largest absolute Gasteiger partial charge is 0.474 e. The molecule has 0 aromatic rings. The van der Waals surface area contributed by atoms with Crippen LogP contribution in [0.1, 0.15) is 40.0 Å². The normalized spacial score (nSPS) is 38.5. The monoisotopic (exact) mass is 224 g/mol. The van der Waals surface area contributed by atoms with E-state index in [0.717, 1.165) is 12.3 Å². The van der Waals surface area contributed by atoms with Crippen molar-refractivity contribution in [3.05, 3.63) is 25.7 Å². The third-order valence-corrected chi connectivity index (χ3v) is 4.94. The number of aliphatic hydroxyl groups excluding tert-OH is 1. The Hall–Kier alpha value is -0.760. The first-order chi connectivity index (χ1) is 7.40. The molecule has 2 rings (SSSR count). The van der Waals surface area contributed by atoms with Gasteiger partial charge in [-0.05, 0) is 36.0 Å². The van der Waals surface area contributed by atoms with Crippen LogP contribution in [0.4, 0.5) is 0 Å². The van der Waals surface area contributed by atoms with Crippen molar-refractivity contribution in [1.29, 1.82) is 0 Å². The summed E-state index contributed by atoms with van der Waals surface area (Å²) in [5, 5.41) is 9.81. The Bertz CT molecular complexity index is 264. The van der Waals surface area contributed by atoms with Crippen molar-refractivity contribution in [1.82, 2.24) is 0 Å². The van der Waals surface area contributed by atoms with E-state index in [4.69, 9.17) is 0 Å². The zero-order valence-electron chi connectivity index (χ0n) is 10.7. The first-order valence-corrected chi connectivity index (χ1v) is 5.95. The molecule has 2 aliphatic carbocycles. The Balaban J connectivity index is 0.000000221. The number of rotatable bonds is 2. The zero-order valence-corrected chi connectivity index (χ0v) is 10.7. The minimum Gasteiger partial charge on any atom is -0.474 e. The van der Waals surface area contributed by atoms with Gasteiger partial charge in [0.15, 0.2) is 0 Å². The van der Waals surface area contributed by atoms with Crippen LogP contribution in [-0.2, 0) is 4.74 Å². The van der Waals surface area contributed by atoms with Crippen LogP contribution in [-0.4, -0.2) is 11.2 Å². The quantitative estimate of drug-likeness (QED) is 0.728. The van der Waals surface area contributed by atoms with Gasteiger partial charge in [-0.1, -0.05) is 33.9 Å². The Kier molecular flexibility index (Phi) is 3.84. The van der Waals surface area contributed by atoms with Crippen LogP contribution in [0, 0.1) is 16.7 Å². The second-order valence-electron chi connectivity index (χ2n) is 5.60. The highest BCUT2D eigenvalue weighted by Crippen LogP contribution is 2.65. The van der Waals surface area contributed by atoms with Crippen molar-refractivity contribution in [3.8, 4) is 0 Å². The van der Waals surface area contributed by atoms with E-state index in [1.54, 1.807) is 0 Å². The lowest BCUT2D eigenvalue weighted by Gasteiger charge is -2.36. The van der Waals surface area contributed by atoms with Gasteiger partial charge in [-0.15, -0.1) is 0 Å². The molecule has 1 N–H and O–H groups in total. The molecule has 0 aromatic carbocycles. The van der Waals surface area contributed by atoms with Crippen LogP contribution < -0.4 is 0 Å². The molecule has 2 bridgehead atoms. The molecule has 2 fully saturated rings. The molecule has 0 heterocycles. The molecular weight excluding hydrogens is 200 g/mol. The second kappa shape index (κ2) is 4.62. The van der Waals surface area contributed by atoms with E-state index in [1.165, 1.54) is 25.4 Å². The maximum atomic E-state index is 9.81. The number of fused-ring (bicyclic) bond motifs is 2. The minimum absolute atomic E-state index is 0.0313. The number of hydrogen-bond donors (Lipinski definition) is 1. The van der Waals surface area contributed by atoms with Crippen LogP contribution >= 0.6 is 0 Å². The van der Waals surface area contributed by atoms with Gasteiger partial charge in [0.25, 0.3) is 0 Å². The van der Waals surface area contributed by atoms with Gasteiger partial charge in [0, 0.05) is 0 Å². The van der Waals surface area contributed by atoms with Gasteiger partial charge in [-0.3, -0.25) is 0 Å². The van der Waals surface area contributed by atoms with Crippen LogP contribution in [0.25, 0.3) is 0 Å². The van der Waals surface area contributed by atoms with Crippen molar-refractivity contribution in [2.45, 2.75) is 46.1 Å². The average molecular weight is 224 g/mol. The molecule has 2 saturated carbocycles. The number of hydrogen-bond acceptors (Lipinski definition) is 2. The van der Waals surface area contributed by atoms with Crippen molar-refractivity contribution in [2.24, 2.45) is 16.7 Å². The molecule has 0 aliphatic heterocycles. The summed E-state index contributed by atoms with van der Waals surface area (Å²) in [4.78, 5) is 0. The van der Waals surface area contributed by atoms with Crippen molar-refractivity contribution >= 4 is 0 Å². The van der Waals surface area contributed by atoms with Gasteiger partial charge in [-0.2, -0.15) is 0 Å². The molecule has 0 unspecified atom stereocenters. The van der Waals surface area contributed by atoms with Gasteiger partial charge < -0.3 is 9.84 Å². The fraction of sp³-hybridized carbons (Fsp3) is 0.714. The van der Waals surface area contributed by atoms with E-state index < -0.39 is 0 Å². The molecule has 0 spiro atoms. The maximum absolute atomic E-state index is 9.81. The molecule has 0 saturated heterocycles. The number of ether oxygens (including phenoxy) is 1. The third-order valence-electron chi connectivity index (χ3n) is 4.94. The van der Waals surface area contributed by atoms with Crippen molar-refractivity contribution in [3.63, 3.8) is 0 Å². The van der Waals surface area contributed by atoms with E-state index >= 15 is 0 Å². The Labute approximate surface area is 99.0 Å². The highest BCUT2D eigenvalue weighted by Gasteiger charge is 2.60. The van der Waals surface area contributed by atoms with E-state index in [1.807, 2.05) is 0 Å². The lowest BCUT2D eigenvalue weighted by Crippen LogP contribution is -2.35. The molecule has 92 valence electrons. The lowest BCUT2D eigenvalue weighted by atomic mass is 9.70. The van der Waals surface area contributed by atoms with Gasteiger partial charge in [0.1, 0.15) is 0 Å². The zero-order chi connectivity index (χ0) is 12.4. The summed E-state index contributed by atoms with van der Waals surface area (Å²) in [6, 6.07) is 0. The third kappa shape index (κ3) is 1.91. The summed E-state index contributed by atoms with van der Waals surface area (Å²) in [6.45, 7) is 13.4. The standard InChI is InChI=1S/C10H18O.C4H6O/c1-9(2)7-4-5-10(9,3)8(11)6-7;1-3-5-4-2/h7-8,11H,4-6H2,1-3H3;3-4H,1-2H2/t7-,8-,10+;/m1./s1. The lowest BCUT2D eigenvalue weighted by molar-refractivity contribution is 0.0126. The van der Waals surface area contributed by atoms with Crippen LogP contribution in [0.2, 0.25) is 0 Å². The van der Waals surface area contributed by atoms with E-state index in [9.17, 15) is 5.11 Å². The molecule has 2 heteroatoms. The molecule has 2 nitrogen and oxygen atoms in total.